The second kappa shape index (κ2) is 6.44. The van der Waals surface area contributed by atoms with Crippen molar-refractivity contribution in [1.29, 1.82) is 10.8 Å². The molecule has 0 aliphatic heterocycles. The van der Waals surface area contributed by atoms with Crippen LogP contribution in [0.4, 0.5) is 0 Å². The number of nitrogens with two attached hydrogens (primary N) is 2. The second-order valence-electron chi connectivity index (χ2n) is 5.34. The van der Waals surface area contributed by atoms with Gasteiger partial charge in [0, 0.05) is 16.7 Å². The number of hydrogen-bond donors (Lipinski definition) is 4. The SMILES string of the molecule is COc1ccc(C(=N)N)cc1-c1cn(-c2cccc(C(=N)N)c2)nn1. The minimum absolute atomic E-state index is 0.0157. The standard InChI is InChI=1S/C17H17N7O/c1-25-15-6-5-11(17(20)21)8-13(15)14-9-24(23-22-14)12-4-2-3-10(7-12)16(18)19/h2-9H,1H3,(H3,18,19)(H3,20,21). The highest BCUT2D eigenvalue weighted by Crippen LogP contribution is 2.29. The van der Waals surface area contributed by atoms with E-state index >= 15 is 0 Å². The molecule has 126 valence electrons. The summed E-state index contributed by atoms with van der Waals surface area (Å²) in [6, 6.07) is 12.3. The van der Waals surface area contributed by atoms with Gasteiger partial charge in [-0.05, 0) is 30.3 Å². The zero-order valence-corrected chi connectivity index (χ0v) is 13.5. The van der Waals surface area contributed by atoms with Crippen molar-refractivity contribution in [2.24, 2.45) is 11.5 Å². The third-order valence-corrected chi connectivity index (χ3v) is 3.70. The van der Waals surface area contributed by atoms with E-state index < -0.39 is 0 Å². The van der Waals surface area contributed by atoms with Crippen LogP contribution in [0.1, 0.15) is 11.1 Å². The molecule has 0 amide bonds. The summed E-state index contributed by atoms with van der Waals surface area (Å²) in [5.41, 5.74) is 14.3. The smallest absolute Gasteiger partial charge is 0.128 e. The molecule has 0 aliphatic rings. The molecule has 0 fully saturated rings. The summed E-state index contributed by atoms with van der Waals surface area (Å²) < 4.78 is 6.95. The molecule has 25 heavy (non-hydrogen) atoms. The van der Waals surface area contributed by atoms with Gasteiger partial charge in [0.15, 0.2) is 0 Å². The number of hydrogen-bond acceptors (Lipinski definition) is 5. The Balaban J connectivity index is 2.05. The van der Waals surface area contributed by atoms with Crippen LogP contribution in [-0.4, -0.2) is 33.8 Å². The summed E-state index contributed by atoms with van der Waals surface area (Å²) in [5, 5.41) is 23.4. The van der Waals surface area contributed by atoms with E-state index in [0.717, 1.165) is 5.69 Å². The van der Waals surface area contributed by atoms with E-state index in [4.69, 9.17) is 27.0 Å². The largest absolute Gasteiger partial charge is 0.496 e. The predicted octanol–water partition coefficient (Wildman–Crippen LogP) is 1.51. The Morgan fingerprint density at radius 3 is 2.44 bits per heavy atom. The molecule has 0 aliphatic carbocycles. The average Bonchev–Trinajstić information content (AvgIpc) is 3.11. The van der Waals surface area contributed by atoms with E-state index in [2.05, 4.69) is 10.3 Å². The van der Waals surface area contributed by atoms with E-state index in [-0.39, 0.29) is 11.7 Å². The van der Waals surface area contributed by atoms with Crippen LogP contribution in [0.3, 0.4) is 0 Å². The molecule has 2 aromatic carbocycles. The molecule has 8 heteroatoms. The van der Waals surface area contributed by atoms with E-state index in [1.54, 1.807) is 54.4 Å². The maximum absolute atomic E-state index is 7.59. The number of benzene rings is 2. The third-order valence-electron chi connectivity index (χ3n) is 3.70. The van der Waals surface area contributed by atoms with Gasteiger partial charge in [0.2, 0.25) is 0 Å². The molecule has 1 heterocycles. The minimum atomic E-state index is -0.0366. The van der Waals surface area contributed by atoms with Gasteiger partial charge in [-0.15, -0.1) is 5.10 Å². The van der Waals surface area contributed by atoms with Gasteiger partial charge in [-0.1, -0.05) is 17.3 Å². The summed E-state index contributed by atoms with van der Waals surface area (Å²) >= 11 is 0. The van der Waals surface area contributed by atoms with Crippen molar-refractivity contribution >= 4 is 11.7 Å². The van der Waals surface area contributed by atoms with Gasteiger partial charge in [0.1, 0.15) is 23.1 Å². The quantitative estimate of drug-likeness (QED) is 0.413. The van der Waals surface area contributed by atoms with Crippen molar-refractivity contribution in [1.82, 2.24) is 15.0 Å². The third kappa shape index (κ3) is 3.18. The van der Waals surface area contributed by atoms with Gasteiger partial charge in [0.05, 0.1) is 19.0 Å². The molecular weight excluding hydrogens is 318 g/mol. The van der Waals surface area contributed by atoms with E-state index in [1.165, 1.54) is 0 Å². The average molecular weight is 335 g/mol. The highest BCUT2D eigenvalue weighted by atomic mass is 16.5. The highest BCUT2D eigenvalue weighted by molar-refractivity contribution is 5.96. The van der Waals surface area contributed by atoms with Crippen LogP contribution in [0.15, 0.2) is 48.7 Å². The van der Waals surface area contributed by atoms with Crippen LogP contribution < -0.4 is 16.2 Å². The lowest BCUT2D eigenvalue weighted by Crippen LogP contribution is -2.11. The monoisotopic (exact) mass is 335 g/mol. The molecular formula is C17H17N7O. The van der Waals surface area contributed by atoms with Gasteiger partial charge < -0.3 is 16.2 Å². The Kier molecular flexibility index (Phi) is 4.17. The number of nitrogens with zero attached hydrogens (tertiary/aromatic N) is 3. The fourth-order valence-corrected chi connectivity index (χ4v) is 2.41. The molecule has 0 spiro atoms. The van der Waals surface area contributed by atoms with E-state index in [0.29, 0.717) is 28.1 Å². The highest BCUT2D eigenvalue weighted by Gasteiger charge is 2.13. The van der Waals surface area contributed by atoms with Crippen LogP contribution in [-0.2, 0) is 0 Å². The van der Waals surface area contributed by atoms with Gasteiger partial charge in [0.25, 0.3) is 0 Å². The number of nitrogen functional groups attached to an aromatic ring is 2. The fourth-order valence-electron chi connectivity index (χ4n) is 2.41. The lowest BCUT2D eigenvalue weighted by atomic mass is 10.1. The van der Waals surface area contributed by atoms with Gasteiger partial charge in [-0.25, -0.2) is 4.68 Å². The molecule has 3 aromatic rings. The van der Waals surface area contributed by atoms with Crippen molar-refractivity contribution in [2.45, 2.75) is 0 Å². The summed E-state index contributed by atoms with van der Waals surface area (Å²) in [6.07, 6.45) is 1.74. The summed E-state index contributed by atoms with van der Waals surface area (Å²) in [4.78, 5) is 0. The maximum Gasteiger partial charge on any atom is 0.128 e. The molecule has 0 atom stereocenters. The Hall–Kier alpha value is -3.68. The van der Waals surface area contributed by atoms with E-state index in [9.17, 15) is 0 Å². The Bertz CT molecular complexity index is 961. The first-order chi connectivity index (χ1) is 12.0. The van der Waals surface area contributed by atoms with Gasteiger partial charge >= 0.3 is 0 Å². The Labute approximate surface area is 144 Å². The first kappa shape index (κ1) is 16.2. The molecule has 0 saturated heterocycles. The number of amidine groups is 2. The number of rotatable bonds is 5. The Morgan fingerprint density at radius 1 is 1.04 bits per heavy atom. The summed E-state index contributed by atoms with van der Waals surface area (Å²) in [5.74, 6) is 0.554. The summed E-state index contributed by atoms with van der Waals surface area (Å²) in [7, 11) is 1.56. The van der Waals surface area contributed by atoms with Gasteiger partial charge in [-0.3, -0.25) is 10.8 Å². The Morgan fingerprint density at radius 2 is 1.76 bits per heavy atom. The number of nitrogens with one attached hydrogen (secondary N) is 2. The van der Waals surface area contributed by atoms with Crippen molar-refractivity contribution < 1.29 is 4.74 Å². The van der Waals surface area contributed by atoms with Crippen LogP contribution in [0, 0.1) is 10.8 Å². The fraction of sp³-hybridized carbons (Fsp3) is 0.0588. The molecule has 0 radical (unpaired) electrons. The molecule has 0 bridgehead atoms. The summed E-state index contributed by atoms with van der Waals surface area (Å²) in [6.45, 7) is 0. The van der Waals surface area contributed by atoms with Crippen LogP contribution in [0.2, 0.25) is 0 Å². The van der Waals surface area contributed by atoms with Crippen molar-refractivity contribution in [2.75, 3.05) is 7.11 Å². The normalized spacial score (nSPS) is 10.4. The van der Waals surface area contributed by atoms with Crippen LogP contribution in [0.5, 0.6) is 5.75 Å². The molecule has 1 aromatic heterocycles. The molecule has 0 unspecified atom stereocenters. The van der Waals surface area contributed by atoms with E-state index in [1.807, 2.05) is 6.07 Å². The van der Waals surface area contributed by atoms with Crippen molar-refractivity contribution in [3.63, 3.8) is 0 Å². The molecule has 0 saturated carbocycles. The van der Waals surface area contributed by atoms with Crippen LogP contribution in [0.25, 0.3) is 16.9 Å². The predicted molar refractivity (Wildman–Crippen MR) is 95.4 cm³/mol. The van der Waals surface area contributed by atoms with Crippen molar-refractivity contribution in [3.8, 4) is 22.7 Å². The molecule has 3 rings (SSSR count). The molecule has 8 nitrogen and oxygen atoms in total. The zero-order valence-electron chi connectivity index (χ0n) is 13.5. The first-order valence-corrected chi connectivity index (χ1v) is 7.39. The topological polar surface area (TPSA) is 140 Å². The number of ether oxygens (including phenoxy) is 1. The number of aromatic nitrogens is 3. The second-order valence-corrected chi connectivity index (χ2v) is 5.34. The van der Waals surface area contributed by atoms with Gasteiger partial charge in [-0.2, -0.15) is 0 Å². The number of methoxy groups -OCH3 is 1. The van der Waals surface area contributed by atoms with Crippen molar-refractivity contribution in [3.05, 3.63) is 59.8 Å². The first-order valence-electron chi connectivity index (χ1n) is 7.39. The van der Waals surface area contributed by atoms with Crippen LogP contribution >= 0.6 is 0 Å². The minimum Gasteiger partial charge on any atom is -0.496 e. The lowest BCUT2D eigenvalue weighted by Gasteiger charge is -2.08. The lowest BCUT2D eigenvalue weighted by molar-refractivity contribution is 0.416. The zero-order chi connectivity index (χ0) is 18.0. The molecule has 6 N–H and O–H groups in total. The maximum atomic E-state index is 7.59.